The third kappa shape index (κ3) is 4.63. The van der Waals surface area contributed by atoms with Crippen molar-refractivity contribution in [3.8, 4) is 5.69 Å². The molecule has 0 N–H and O–H groups in total. The third-order valence-corrected chi connectivity index (χ3v) is 5.32. The molecule has 2 aromatic heterocycles. The summed E-state index contributed by atoms with van der Waals surface area (Å²) in [5.41, 5.74) is 2.37. The van der Waals surface area contributed by atoms with E-state index >= 15 is 0 Å². The number of hydrogen-bond acceptors (Lipinski definition) is 4. The van der Waals surface area contributed by atoms with Crippen LogP contribution in [0.25, 0.3) is 5.69 Å². The molecule has 0 fully saturated rings. The molecule has 5 nitrogen and oxygen atoms in total. The van der Waals surface area contributed by atoms with Crippen LogP contribution in [0.1, 0.15) is 36.8 Å². The van der Waals surface area contributed by atoms with Gasteiger partial charge in [0, 0.05) is 19.4 Å². The van der Waals surface area contributed by atoms with Gasteiger partial charge in [0.05, 0.1) is 18.0 Å². The number of hydrogen-bond donors (Lipinski definition) is 0. The average Bonchev–Trinajstić information content (AvgIpc) is 3.28. The highest BCUT2D eigenvalue weighted by molar-refractivity contribution is 7.99. The Morgan fingerprint density at radius 2 is 2.04 bits per heavy atom. The van der Waals surface area contributed by atoms with E-state index in [-0.39, 0.29) is 5.91 Å². The summed E-state index contributed by atoms with van der Waals surface area (Å²) in [6.07, 6.45) is 3.72. The largest absolute Gasteiger partial charge is 0.464 e. The maximum Gasteiger partial charge on any atom is 0.233 e. The number of carbonyl (C=O) groups is 1. The summed E-state index contributed by atoms with van der Waals surface area (Å²) < 4.78 is 7.61. The van der Waals surface area contributed by atoms with Crippen molar-refractivity contribution in [2.45, 2.75) is 38.4 Å². The highest BCUT2D eigenvalue weighted by Gasteiger charge is 2.16. The lowest BCUT2D eigenvalue weighted by atomic mass is 10.0. The van der Waals surface area contributed by atoms with Crippen molar-refractivity contribution in [3.05, 3.63) is 65.9 Å². The molecule has 0 atom stereocenters. The predicted octanol–water partition coefficient (Wildman–Crippen LogP) is 4.65. The second-order valence-corrected chi connectivity index (χ2v) is 7.79. The Labute approximate surface area is 164 Å². The molecule has 1 aromatic carbocycles. The molecule has 0 saturated carbocycles. The van der Waals surface area contributed by atoms with Crippen LogP contribution in [0.3, 0.4) is 0 Å². The maximum atomic E-state index is 12.5. The SMILES string of the molecule is Cc1ccc(CN(C)C(=O)CSc2nccn2-c2ccccc2C(C)C)o1. The Balaban J connectivity index is 1.68. The number of aryl methyl sites for hydroxylation is 1. The molecule has 3 rings (SSSR count). The quantitative estimate of drug-likeness (QED) is 0.557. The number of para-hydroxylation sites is 1. The van der Waals surface area contributed by atoms with Crippen molar-refractivity contribution in [2.24, 2.45) is 0 Å². The maximum absolute atomic E-state index is 12.5. The van der Waals surface area contributed by atoms with Gasteiger partial charge in [-0.3, -0.25) is 9.36 Å². The molecule has 142 valence electrons. The second-order valence-electron chi connectivity index (χ2n) is 6.84. The van der Waals surface area contributed by atoms with E-state index in [1.165, 1.54) is 17.3 Å². The van der Waals surface area contributed by atoms with Gasteiger partial charge in [0.1, 0.15) is 11.5 Å². The van der Waals surface area contributed by atoms with Crippen molar-refractivity contribution in [1.29, 1.82) is 0 Å². The van der Waals surface area contributed by atoms with E-state index in [1.807, 2.05) is 31.3 Å². The Hall–Kier alpha value is -2.47. The van der Waals surface area contributed by atoms with E-state index in [0.717, 1.165) is 22.4 Å². The smallest absolute Gasteiger partial charge is 0.233 e. The molecule has 0 radical (unpaired) electrons. The highest BCUT2D eigenvalue weighted by atomic mass is 32.2. The van der Waals surface area contributed by atoms with Crippen molar-refractivity contribution in [3.63, 3.8) is 0 Å². The number of imidazole rings is 1. The first-order chi connectivity index (χ1) is 13.0. The van der Waals surface area contributed by atoms with E-state index in [1.54, 1.807) is 18.1 Å². The standard InChI is InChI=1S/C21H25N3O2S/c1-15(2)18-7-5-6-8-19(18)24-12-11-22-21(24)27-14-20(25)23(4)13-17-10-9-16(3)26-17/h5-12,15H,13-14H2,1-4H3. The number of amides is 1. The van der Waals surface area contributed by atoms with Crippen LogP contribution in [0.2, 0.25) is 0 Å². The first-order valence-corrected chi connectivity index (χ1v) is 9.99. The zero-order valence-electron chi connectivity index (χ0n) is 16.2. The molecule has 27 heavy (non-hydrogen) atoms. The van der Waals surface area contributed by atoms with Gasteiger partial charge in [0.15, 0.2) is 5.16 Å². The summed E-state index contributed by atoms with van der Waals surface area (Å²) >= 11 is 1.45. The fourth-order valence-electron chi connectivity index (χ4n) is 2.90. The molecule has 0 aliphatic carbocycles. The van der Waals surface area contributed by atoms with E-state index in [0.29, 0.717) is 18.2 Å². The molecule has 0 saturated heterocycles. The lowest BCUT2D eigenvalue weighted by Crippen LogP contribution is -2.27. The van der Waals surface area contributed by atoms with Crippen molar-refractivity contribution >= 4 is 17.7 Å². The molecule has 0 aliphatic rings. The van der Waals surface area contributed by atoms with Crippen LogP contribution in [-0.2, 0) is 11.3 Å². The summed E-state index contributed by atoms with van der Waals surface area (Å²) in [4.78, 5) is 18.6. The average molecular weight is 384 g/mol. The summed E-state index contributed by atoms with van der Waals surface area (Å²) in [6.45, 7) is 6.72. The topological polar surface area (TPSA) is 51.3 Å². The van der Waals surface area contributed by atoms with E-state index in [2.05, 4.69) is 41.6 Å². The molecule has 1 amide bonds. The molecule has 0 unspecified atom stereocenters. The van der Waals surface area contributed by atoms with Gasteiger partial charge >= 0.3 is 0 Å². The van der Waals surface area contributed by atoms with Crippen molar-refractivity contribution in [2.75, 3.05) is 12.8 Å². The Morgan fingerprint density at radius 1 is 1.26 bits per heavy atom. The lowest BCUT2D eigenvalue weighted by Gasteiger charge is -2.17. The molecular formula is C21H25N3O2S. The number of benzene rings is 1. The number of rotatable bonds is 7. The van der Waals surface area contributed by atoms with Crippen molar-refractivity contribution < 1.29 is 9.21 Å². The molecular weight excluding hydrogens is 358 g/mol. The van der Waals surface area contributed by atoms with Crippen LogP contribution in [0.15, 0.2) is 58.4 Å². The number of carbonyl (C=O) groups excluding carboxylic acids is 1. The van der Waals surface area contributed by atoms with Crippen LogP contribution < -0.4 is 0 Å². The molecule has 6 heteroatoms. The van der Waals surface area contributed by atoms with Gasteiger partial charge in [0.2, 0.25) is 5.91 Å². The second kappa shape index (κ2) is 8.48. The van der Waals surface area contributed by atoms with E-state index < -0.39 is 0 Å². The molecule has 0 bridgehead atoms. The van der Waals surface area contributed by atoms with Gasteiger partial charge in [0.25, 0.3) is 0 Å². The fourth-order valence-corrected chi connectivity index (χ4v) is 3.81. The normalized spacial score (nSPS) is 11.1. The molecule has 2 heterocycles. The Bertz CT molecular complexity index is 914. The molecule has 0 aliphatic heterocycles. The van der Waals surface area contributed by atoms with Crippen LogP contribution in [0.5, 0.6) is 0 Å². The Kier molecular flexibility index (Phi) is 6.06. The minimum Gasteiger partial charge on any atom is -0.464 e. The summed E-state index contributed by atoms with van der Waals surface area (Å²) in [6, 6.07) is 12.1. The van der Waals surface area contributed by atoms with Crippen LogP contribution >= 0.6 is 11.8 Å². The molecule has 0 spiro atoms. The first-order valence-electron chi connectivity index (χ1n) is 9.00. The molecule has 3 aromatic rings. The minimum atomic E-state index is 0.0424. The zero-order valence-corrected chi connectivity index (χ0v) is 17.0. The monoisotopic (exact) mass is 383 g/mol. The summed E-state index contributed by atoms with van der Waals surface area (Å²) in [5, 5.41) is 0.818. The number of nitrogens with zero attached hydrogens (tertiary/aromatic N) is 3. The van der Waals surface area contributed by atoms with E-state index in [4.69, 9.17) is 4.42 Å². The number of furan rings is 1. The summed E-state index contributed by atoms with van der Waals surface area (Å²) in [7, 11) is 1.79. The van der Waals surface area contributed by atoms with Gasteiger partial charge in [-0.05, 0) is 36.6 Å². The van der Waals surface area contributed by atoms with Gasteiger partial charge in [-0.15, -0.1) is 0 Å². The van der Waals surface area contributed by atoms with Crippen molar-refractivity contribution in [1.82, 2.24) is 14.5 Å². The van der Waals surface area contributed by atoms with Crippen LogP contribution in [0.4, 0.5) is 0 Å². The zero-order chi connectivity index (χ0) is 19.4. The lowest BCUT2D eigenvalue weighted by molar-refractivity contribution is -0.127. The van der Waals surface area contributed by atoms with Gasteiger partial charge in [-0.25, -0.2) is 4.98 Å². The summed E-state index contributed by atoms with van der Waals surface area (Å²) in [5.74, 6) is 2.43. The van der Waals surface area contributed by atoms with Gasteiger partial charge in [-0.1, -0.05) is 43.8 Å². The van der Waals surface area contributed by atoms with E-state index in [9.17, 15) is 4.79 Å². The van der Waals surface area contributed by atoms with Gasteiger partial charge in [-0.2, -0.15) is 0 Å². The first kappa shape index (κ1) is 19.3. The minimum absolute atomic E-state index is 0.0424. The van der Waals surface area contributed by atoms with Gasteiger partial charge < -0.3 is 9.32 Å². The Morgan fingerprint density at radius 3 is 2.74 bits per heavy atom. The number of aromatic nitrogens is 2. The fraction of sp³-hybridized carbons (Fsp3) is 0.333. The van der Waals surface area contributed by atoms with Crippen LogP contribution in [0, 0.1) is 6.92 Å². The predicted molar refractivity (Wildman–Crippen MR) is 108 cm³/mol. The third-order valence-electron chi connectivity index (χ3n) is 4.36. The van der Waals surface area contributed by atoms with Crippen LogP contribution in [-0.4, -0.2) is 33.2 Å². The highest BCUT2D eigenvalue weighted by Crippen LogP contribution is 2.27. The number of thioether (sulfide) groups is 1.